The van der Waals surface area contributed by atoms with Gasteiger partial charge in [0.2, 0.25) is 5.95 Å². The molecule has 3 aromatic rings. The number of nitrogens with one attached hydrogen (secondary N) is 1. The summed E-state index contributed by atoms with van der Waals surface area (Å²) in [5.41, 5.74) is 0.521. The summed E-state index contributed by atoms with van der Waals surface area (Å²) in [6.45, 7) is 2.05. The molecule has 7 nitrogen and oxygen atoms in total. The van der Waals surface area contributed by atoms with Crippen LogP contribution in [-0.4, -0.2) is 45.9 Å². The zero-order valence-electron chi connectivity index (χ0n) is 13.5. The molecule has 4 rings (SSSR count). The number of halogens is 2. The van der Waals surface area contributed by atoms with Crippen molar-refractivity contribution < 1.29 is 8.78 Å². The van der Waals surface area contributed by atoms with E-state index in [1.807, 2.05) is 4.90 Å². The zero-order valence-corrected chi connectivity index (χ0v) is 13.5. The highest BCUT2D eigenvalue weighted by Crippen LogP contribution is 2.23. The molecule has 1 N–H and O–H groups in total. The first kappa shape index (κ1) is 15.6. The minimum Gasteiger partial charge on any atom is -0.366 e. The molecular formula is C16H16F2N6O. The van der Waals surface area contributed by atoms with Crippen LogP contribution in [-0.2, 0) is 7.05 Å². The molecule has 1 aliphatic heterocycles. The topological polar surface area (TPSA) is 70.1 Å². The first-order valence-corrected chi connectivity index (χ1v) is 7.90. The molecule has 25 heavy (non-hydrogen) atoms. The van der Waals surface area contributed by atoms with Gasteiger partial charge in [0, 0.05) is 39.3 Å². The van der Waals surface area contributed by atoms with Crippen molar-refractivity contribution in [3.05, 3.63) is 46.4 Å². The lowest BCUT2D eigenvalue weighted by molar-refractivity contribution is 0.578. The summed E-state index contributed by atoms with van der Waals surface area (Å²) in [4.78, 5) is 23.1. The van der Waals surface area contributed by atoms with Crippen molar-refractivity contribution in [1.29, 1.82) is 0 Å². The molecule has 1 aliphatic rings. The van der Waals surface area contributed by atoms with E-state index in [9.17, 15) is 13.6 Å². The number of piperazine rings is 1. The van der Waals surface area contributed by atoms with Crippen molar-refractivity contribution in [2.45, 2.75) is 0 Å². The van der Waals surface area contributed by atoms with Crippen LogP contribution in [0.4, 0.5) is 20.4 Å². The highest BCUT2D eigenvalue weighted by atomic mass is 19.1. The van der Waals surface area contributed by atoms with Crippen molar-refractivity contribution in [1.82, 2.24) is 19.7 Å². The van der Waals surface area contributed by atoms with Gasteiger partial charge in [0.05, 0.1) is 11.9 Å². The minimum absolute atomic E-state index is 0.244. The van der Waals surface area contributed by atoms with E-state index in [2.05, 4.69) is 15.1 Å². The van der Waals surface area contributed by atoms with Gasteiger partial charge in [-0.05, 0) is 12.1 Å². The highest BCUT2D eigenvalue weighted by molar-refractivity contribution is 5.74. The molecule has 1 saturated heterocycles. The van der Waals surface area contributed by atoms with E-state index in [0.717, 1.165) is 12.1 Å². The maximum absolute atomic E-state index is 13.9. The number of H-pyrrole nitrogens is 1. The molecule has 0 aliphatic carbocycles. The smallest absolute Gasteiger partial charge is 0.263 e. The van der Waals surface area contributed by atoms with Crippen LogP contribution in [0.5, 0.6) is 0 Å². The van der Waals surface area contributed by atoms with Crippen LogP contribution in [0.1, 0.15) is 0 Å². The summed E-state index contributed by atoms with van der Waals surface area (Å²) in [7, 11) is 1.73. The molecular weight excluding hydrogens is 330 g/mol. The Hall–Kier alpha value is -2.97. The van der Waals surface area contributed by atoms with E-state index in [-0.39, 0.29) is 11.2 Å². The Morgan fingerprint density at radius 2 is 1.84 bits per heavy atom. The van der Waals surface area contributed by atoms with Crippen LogP contribution in [0.2, 0.25) is 0 Å². The van der Waals surface area contributed by atoms with Crippen molar-refractivity contribution in [3.63, 3.8) is 0 Å². The van der Waals surface area contributed by atoms with E-state index in [1.165, 1.54) is 12.3 Å². The molecule has 0 amide bonds. The molecule has 0 spiro atoms. The SMILES string of the molecule is Cn1ncc2c(=O)[nH]c(N3CCN(c4cc(F)ccc4F)CC3)nc21. The number of anilines is 2. The molecule has 2 aromatic heterocycles. The van der Waals surface area contributed by atoms with Crippen LogP contribution in [0.3, 0.4) is 0 Å². The summed E-state index contributed by atoms with van der Waals surface area (Å²) >= 11 is 0. The van der Waals surface area contributed by atoms with Crippen LogP contribution in [0.15, 0.2) is 29.2 Å². The predicted molar refractivity (Wildman–Crippen MR) is 89.9 cm³/mol. The number of fused-ring (bicyclic) bond motifs is 1. The fourth-order valence-electron chi connectivity index (χ4n) is 3.06. The van der Waals surface area contributed by atoms with Crippen molar-refractivity contribution in [2.24, 2.45) is 7.05 Å². The molecule has 0 bridgehead atoms. The molecule has 3 heterocycles. The number of aromatic amines is 1. The lowest BCUT2D eigenvalue weighted by Gasteiger charge is -2.36. The van der Waals surface area contributed by atoms with Gasteiger partial charge in [0.15, 0.2) is 5.65 Å². The monoisotopic (exact) mass is 346 g/mol. The van der Waals surface area contributed by atoms with Gasteiger partial charge in [-0.1, -0.05) is 0 Å². The largest absolute Gasteiger partial charge is 0.366 e. The van der Waals surface area contributed by atoms with Gasteiger partial charge in [0.1, 0.15) is 17.0 Å². The van der Waals surface area contributed by atoms with Gasteiger partial charge < -0.3 is 9.80 Å². The first-order chi connectivity index (χ1) is 12.0. The molecule has 130 valence electrons. The normalized spacial score (nSPS) is 15.2. The summed E-state index contributed by atoms with van der Waals surface area (Å²) < 4.78 is 28.8. The Kier molecular flexibility index (Phi) is 3.63. The molecule has 9 heteroatoms. The number of hydrogen-bond acceptors (Lipinski definition) is 5. The van der Waals surface area contributed by atoms with E-state index >= 15 is 0 Å². The molecule has 0 atom stereocenters. The van der Waals surface area contributed by atoms with E-state index in [4.69, 9.17) is 0 Å². The van der Waals surface area contributed by atoms with Gasteiger partial charge in [-0.2, -0.15) is 10.1 Å². The standard InChI is InChI=1S/C16H16F2N6O/c1-22-14-11(9-19-22)15(25)21-16(20-14)24-6-4-23(5-7-24)13-8-10(17)2-3-12(13)18/h2-3,8-9H,4-7H2,1H3,(H,20,21,25). The third-order valence-electron chi connectivity index (χ3n) is 4.42. The summed E-state index contributed by atoms with van der Waals surface area (Å²) in [6.07, 6.45) is 1.48. The van der Waals surface area contributed by atoms with E-state index in [1.54, 1.807) is 16.6 Å². The average Bonchev–Trinajstić information content (AvgIpc) is 2.99. The quantitative estimate of drug-likeness (QED) is 0.757. The number of aryl methyl sites for hydroxylation is 1. The second-order valence-electron chi connectivity index (χ2n) is 5.96. The van der Waals surface area contributed by atoms with Crippen LogP contribution in [0, 0.1) is 11.6 Å². The Morgan fingerprint density at radius 1 is 1.12 bits per heavy atom. The fraction of sp³-hybridized carbons (Fsp3) is 0.312. The third-order valence-corrected chi connectivity index (χ3v) is 4.42. The van der Waals surface area contributed by atoms with Crippen LogP contribution < -0.4 is 15.4 Å². The minimum atomic E-state index is -0.466. The zero-order chi connectivity index (χ0) is 17.6. The number of benzene rings is 1. The van der Waals surface area contributed by atoms with Gasteiger partial charge in [-0.3, -0.25) is 14.5 Å². The number of rotatable bonds is 2. The van der Waals surface area contributed by atoms with Crippen LogP contribution >= 0.6 is 0 Å². The third kappa shape index (κ3) is 2.71. The Morgan fingerprint density at radius 3 is 2.60 bits per heavy atom. The molecule has 0 radical (unpaired) electrons. The maximum Gasteiger partial charge on any atom is 0.263 e. The molecule has 0 unspecified atom stereocenters. The molecule has 1 aromatic carbocycles. The summed E-state index contributed by atoms with van der Waals surface area (Å²) in [5.74, 6) is -0.454. The summed E-state index contributed by atoms with van der Waals surface area (Å²) in [5, 5.41) is 4.48. The highest BCUT2D eigenvalue weighted by Gasteiger charge is 2.22. The lowest BCUT2D eigenvalue weighted by atomic mass is 10.2. The number of nitrogens with zero attached hydrogens (tertiary/aromatic N) is 5. The molecule has 0 saturated carbocycles. The molecule has 1 fully saturated rings. The van der Waals surface area contributed by atoms with E-state index < -0.39 is 11.6 Å². The van der Waals surface area contributed by atoms with Gasteiger partial charge >= 0.3 is 0 Å². The predicted octanol–water partition coefficient (Wildman–Crippen LogP) is 1.26. The van der Waals surface area contributed by atoms with Gasteiger partial charge in [0.25, 0.3) is 5.56 Å². The first-order valence-electron chi connectivity index (χ1n) is 7.90. The van der Waals surface area contributed by atoms with Crippen LogP contribution in [0.25, 0.3) is 11.0 Å². The van der Waals surface area contributed by atoms with Gasteiger partial charge in [-0.15, -0.1) is 0 Å². The average molecular weight is 346 g/mol. The summed E-state index contributed by atoms with van der Waals surface area (Å²) in [6, 6.07) is 3.44. The van der Waals surface area contributed by atoms with Crippen molar-refractivity contribution >= 4 is 22.7 Å². The lowest BCUT2D eigenvalue weighted by Crippen LogP contribution is -2.47. The van der Waals surface area contributed by atoms with Gasteiger partial charge in [-0.25, -0.2) is 8.78 Å². The second kappa shape index (κ2) is 5.83. The van der Waals surface area contributed by atoms with Crippen molar-refractivity contribution in [3.8, 4) is 0 Å². The Bertz CT molecular complexity index is 990. The fourth-order valence-corrected chi connectivity index (χ4v) is 3.06. The Balaban J connectivity index is 1.57. The maximum atomic E-state index is 13.9. The Labute approximate surface area is 141 Å². The number of aromatic nitrogens is 4. The number of hydrogen-bond donors (Lipinski definition) is 1. The van der Waals surface area contributed by atoms with Crippen molar-refractivity contribution in [2.75, 3.05) is 36.0 Å². The van der Waals surface area contributed by atoms with E-state index in [0.29, 0.717) is 43.2 Å². The second-order valence-corrected chi connectivity index (χ2v) is 5.96.